The Labute approximate surface area is 126 Å². The first-order valence-electron chi connectivity index (χ1n) is 7.61. The molecule has 0 spiro atoms. The third-order valence-corrected chi connectivity index (χ3v) is 3.47. The Hall–Kier alpha value is -2.02. The number of para-hydroxylation sites is 1. The number of aliphatic imine (C=N–C) groups is 2. The summed E-state index contributed by atoms with van der Waals surface area (Å²) < 4.78 is 0. The molecule has 0 aliphatic heterocycles. The van der Waals surface area contributed by atoms with Crippen molar-refractivity contribution >= 4 is 23.5 Å². The first-order valence-corrected chi connectivity index (χ1v) is 7.61. The third-order valence-electron chi connectivity index (χ3n) is 3.47. The van der Waals surface area contributed by atoms with E-state index in [4.69, 9.17) is 0 Å². The van der Waals surface area contributed by atoms with Crippen LogP contribution in [-0.4, -0.2) is 12.2 Å². The van der Waals surface area contributed by atoms with E-state index in [0.29, 0.717) is 11.4 Å². The molecule has 112 valence electrons. The van der Waals surface area contributed by atoms with E-state index < -0.39 is 0 Å². The zero-order valence-corrected chi connectivity index (χ0v) is 12.6. The van der Waals surface area contributed by atoms with Crippen LogP contribution < -0.4 is 0 Å². The van der Waals surface area contributed by atoms with Gasteiger partial charge in [0.15, 0.2) is 0 Å². The molecular weight excluding hydrogens is 264 g/mol. The summed E-state index contributed by atoms with van der Waals surface area (Å²) in [4.78, 5) is 28.2. The van der Waals surface area contributed by atoms with Crippen molar-refractivity contribution in [3.63, 3.8) is 0 Å². The van der Waals surface area contributed by atoms with Crippen LogP contribution in [0.5, 0.6) is 0 Å². The first-order chi connectivity index (χ1) is 10.3. The highest BCUT2D eigenvalue weighted by Gasteiger charge is 2.07. The maximum absolute atomic E-state index is 10.5. The molecule has 0 unspecified atom stereocenters. The number of rotatable bonds is 10. The molecule has 0 amide bonds. The van der Waals surface area contributed by atoms with E-state index in [1.165, 1.54) is 44.3 Å². The molecule has 1 rings (SSSR count). The predicted molar refractivity (Wildman–Crippen MR) is 83.7 cm³/mol. The van der Waals surface area contributed by atoms with E-state index in [9.17, 15) is 9.59 Å². The van der Waals surface area contributed by atoms with E-state index in [1.54, 1.807) is 6.07 Å². The summed E-state index contributed by atoms with van der Waals surface area (Å²) in [6, 6.07) is 5.38. The Balaban J connectivity index is 2.56. The van der Waals surface area contributed by atoms with E-state index >= 15 is 0 Å². The van der Waals surface area contributed by atoms with Gasteiger partial charge in [0.05, 0.1) is 0 Å². The second-order valence-corrected chi connectivity index (χ2v) is 5.06. The zero-order valence-electron chi connectivity index (χ0n) is 12.6. The quantitative estimate of drug-likeness (QED) is 0.348. The fraction of sp³-hybridized carbons (Fsp3) is 0.529. The molecule has 1 aromatic carbocycles. The number of carbonyl (C=O) groups excluding carboxylic acids is 2. The lowest BCUT2D eigenvalue weighted by Gasteiger charge is -2.06. The van der Waals surface area contributed by atoms with Crippen molar-refractivity contribution in [1.29, 1.82) is 0 Å². The number of nitrogens with zero attached hydrogens (tertiary/aromatic N) is 2. The maximum Gasteiger partial charge on any atom is 0.240 e. The van der Waals surface area contributed by atoms with Gasteiger partial charge in [-0.1, -0.05) is 57.6 Å². The number of hydrogen-bond acceptors (Lipinski definition) is 4. The fourth-order valence-corrected chi connectivity index (χ4v) is 2.37. The van der Waals surface area contributed by atoms with Gasteiger partial charge in [0, 0.05) is 0 Å². The average molecular weight is 286 g/mol. The lowest BCUT2D eigenvalue weighted by Crippen LogP contribution is -1.88. The van der Waals surface area contributed by atoms with Gasteiger partial charge in [0.1, 0.15) is 11.4 Å². The minimum Gasteiger partial charge on any atom is -0.211 e. The van der Waals surface area contributed by atoms with Crippen LogP contribution in [0.4, 0.5) is 11.4 Å². The van der Waals surface area contributed by atoms with Crippen LogP contribution in [0.2, 0.25) is 0 Å². The molecule has 0 bridgehead atoms. The maximum atomic E-state index is 10.5. The van der Waals surface area contributed by atoms with Crippen LogP contribution in [0.15, 0.2) is 28.2 Å². The number of isocyanates is 2. The van der Waals surface area contributed by atoms with Crippen LogP contribution in [0.3, 0.4) is 0 Å². The Morgan fingerprint density at radius 3 is 2.24 bits per heavy atom. The molecule has 0 aromatic heterocycles. The van der Waals surface area contributed by atoms with Crippen molar-refractivity contribution in [2.75, 3.05) is 0 Å². The molecule has 0 fully saturated rings. The fourth-order valence-electron chi connectivity index (χ4n) is 2.37. The van der Waals surface area contributed by atoms with Gasteiger partial charge in [-0.2, -0.15) is 9.98 Å². The van der Waals surface area contributed by atoms with Gasteiger partial charge in [-0.15, -0.1) is 0 Å². The van der Waals surface area contributed by atoms with Crippen molar-refractivity contribution in [3.8, 4) is 0 Å². The summed E-state index contributed by atoms with van der Waals surface area (Å²) in [5, 5.41) is 0. The number of aryl methyl sites for hydroxylation is 1. The van der Waals surface area contributed by atoms with Crippen LogP contribution in [-0.2, 0) is 16.0 Å². The SMILES string of the molecule is CCCCCCCCCc1cccc(N=C=O)c1N=C=O. The highest BCUT2D eigenvalue weighted by molar-refractivity contribution is 5.71. The summed E-state index contributed by atoms with van der Waals surface area (Å²) in [7, 11) is 0. The number of unbranched alkanes of at least 4 members (excludes halogenated alkanes) is 6. The highest BCUT2D eigenvalue weighted by atomic mass is 16.1. The molecule has 21 heavy (non-hydrogen) atoms. The largest absolute Gasteiger partial charge is 0.240 e. The van der Waals surface area contributed by atoms with Gasteiger partial charge < -0.3 is 0 Å². The molecule has 0 aliphatic rings. The number of benzene rings is 1. The minimum atomic E-state index is 0.383. The highest BCUT2D eigenvalue weighted by Crippen LogP contribution is 2.32. The van der Waals surface area contributed by atoms with Gasteiger partial charge in [-0.25, -0.2) is 9.59 Å². The summed E-state index contributed by atoms with van der Waals surface area (Å²) >= 11 is 0. The molecule has 0 atom stereocenters. The topological polar surface area (TPSA) is 58.9 Å². The molecule has 4 nitrogen and oxygen atoms in total. The molecule has 0 radical (unpaired) electrons. The van der Waals surface area contributed by atoms with Crippen LogP contribution >= 0.6 is 0 Å². The lowest BCUT2D eigenvalue weighted by atomic mass is 10.0. The summed E-state index contributed by atoms with van der Waals surface area (Å²) in [6.07, 6.45) is 12.5. The van der Waals surface area contributed by atoms with E-state index in [2.05, 4.69) is 16.9 Å². The molecule has 0 aliphatic carbocycles. The summed E-state index contributed by atoms with van der Waals surface area (Å²) in [5.41, 5.74) is 1.76. The minimum absolute atomic E-state index is 0.383. The Bertz CT molecular complexity index is 528. The molecule has 1 aromatic rings. The van der Waals surface area contributed by atoms with Crippen molar-refractivity contribution in [1.82, 2.24) is 0 Å². The van der Waals surface area contributed by atoms with Gasteiger partial charge in [-0.3, -0.25) is 0 Å². The van der Waals surface area contributed by atoms with Crippen molar-refractivity contribution in [2.24, 2.45) is 9.98 Å². The van der Waals surface area contributed by atoms with Gasteiger partial charge in [-0.05, 0) is 24.5 Å². The Kier molecular flexibility index (Phi) is 8.70. The van der Waals surface area contributed by atoms with Gasteiger partial charge in [0.2, 0.25) is 12.2 Å². The molecule has 0 heterocycles. The van der Waals surface area contributed by atoms with E-state index in [1.807, 2.05) is 12.1 Å². The number of hydrogen-bond donors (Lipinski definition) is 0. The average Bonchev–Trinajstić information content (AvgIpc) is 2.49. The lowest BCUT2D eigenvalue weighted by molar-refractivity contribution is 0.564. The van der Waals surface area contributed by atoms with Gasteiger partial charge >= 0.3 is 0 Å². The second kappa shape index (κ2) is 10.7. The van der Waals surface area contributed by atoms with E-state index in [-0.39, 0.29) is 0 Å². The van der Waals surface area contributed by atoms with Crippen LogP contribution in [0.1, 0.15) is 57.4 Å². The molecule has 0 saturated carbocycles. The molecular formula is C17H22N2O2. The summed E-state index contributed by atoms with van der Waals surface area (Å²) in [6.45, 7) is 2.21. The normalized spacial score (nSPS) is 9.76. The Morgan fingerprint density at radius 1 is 0.905 bits per heavy atom. The molecule has 0 N–H and O–H groups in total. The third kappa shape index (κ3) is 6.31. The van der Waals surface area contributed by atoms with Crippen LogP contribution in [0, 0.1) is 0 Å². The van der Waals surface area contributed by atoms with Gasteiger partial charge in [0.25, 0.3) is 0 Å². The zero-order chi connectivity index (χ0) is 15.3. The van der Waals surface area contributed by atoms with E-state index in [0.717, 1.165) is 24.8 Å². The monoisotopic (exact) mass is 286 g/mol. The summed E-state index contributed by atoms with van der Waals surface area (Å²) in [5.74, 6) is 0. The van der Waals surface area contributed by atoms with Crippen LogP contribution in [0.25, 0.3) is 0 Å². The van der Waals surface area contributed by atoms with Crippen molar-refractivity contribution in [3.05, 3.63) is 23.8 Å². The molecule has 4 heteroatoms. The molecule has 0 saturated heterocycles. The van der Waals surface area contributed by atoms with Crippen molar-refractivity contribution in [2.45, 2.75) is 58.3 Å². The smallest absolute Gasteiger partial charge is 0.211 e. The van der Waals surface area contributed by atoms with Crippen molar-refractivity contribution < 1.29 is 9.59 Å². The standard InChI is InChI=1S/C17H22N2O2/c1-2-3-4-5-6-7-8-10-15-11-9-12-16(18-13-20)17(15)19-14-21/h9,11-12H,2-8,10H2,1H3. The predicted octanol–water partition coefficient (Wildman–Crippen LogP) is 4.91. The second-order valence-electron chi connectivity index (χ2n) is 5.06. The first kappa shape index (κ1) is 17.0. The Morgan fingerprint density at radius 2 is 1.57 bits per heavy atom.